The Hall–Kier alpha value is -0.930. The predicted octanol–water partition coefficient (Wildman–Crippen LogP) is 2.87. The third kappa shape index (κ3) is 2.75. The number of hydrogen-bond donors (Lipinski definition) is 1. The van der Waals surface area contributed by atoms with Crippen LogP contribution in [0.15, 0.2) is 18.3 Å². The Labute approximate surface area is 123 Å². The van der Waals surface area contributed by atoms with Crippen LogP contribution in [0.2, 0.25) is 0 Å². The van der Waals surface area contributed by atoms with Gasteiger partial charge in [-0.15, -0.1) is 0 Å². The van der Waals surface area contributed by atoms with Crippen molar-refractivity contribution >= 4 is 0 Å². The second-order valence-corrected chi connectivity index (χ2v) is 7.27. The maximum atomic E-state index is 6.40. The molecule has 2 N–H and O–H groups in total. The van der Waals surface area contributed by atoms with Crippen LogP contribution >= 0.6 is 0 Å². The van der Waals surface area contributed by atoms with Crippen LogP contribution in [0.1, 0.15) is 51.8 Å². The second kappa shape index (κ2) is 5.45. The molecule has 0 spiro atoms. The summed E-state index contributed by atoms with van der Waals surface area (Å²) in [5, 5.41) is 0. The molecule has 2 rings (SSSR count). The molecule has 0 radical (unpaired) electrons. The van der Waals surface area contributed by atoms with Gasteiger partial charge in [0.25, 0.3) is 0 Å². The van der Waals surface area contributed by atoms with E-state index in [1.165, 1.54) is 11.3 Å². The van der Waals surface area contributed by atoms with Crippen molar-refractivity contribution in [3.8, 4) is 0 Å². The molecule has 3 heteroatoms. The normalized spacial score (nSPS) is 21.7. The lowest BCUT2D eigenvalue weighted by molar-refractivity contribution is 0.0652. The molecule has 1 aliphatic heterocycles. The average Bonchev–Trinajstić information content (AvgIpc) is 2.38. The van der Waals surface area contributed by atoms with E-state index >= 15 is 0 Å². The van der Waals surface area contributed by atoms with Crippen molar-refractivity contribution in [2.75, 3.05) is 13.1 Å². The van der Waals surface area contributed by atoms with Gasteiger partial charge < -0.3 is 5.73 Å². The van der Waals surface area contributed by atoms with Gasteiger partial charge in [-0.2, -0.15) is 0 Å². The van der Waals surface area contributed by atoms with E-state index in [0.29, 0.717) is 0 Å². The van der Waals surface area contributed by atoms with E-state index in [9.17, 15) is 0 Å². The van der Waals surface area contributed by atoms with Crippen LogP contribution in [0, 0.1) is 6.92 Å². The van der Waals surface area contributed by atoms with Crippen molar-refractivity contribution in [1.29, 1.82) is 0 Å². The summed E-state index contributed by atoms with van der Waals surface area (Å²) >= 11 is 0. The number of aryl methyl sites for hydroxylation is 1. The zero-order valence-electron chi connectivity index (χ0n) is 13.6. The minimum atomic E-state index is 0.0348. The van der Waals surface area contributed by atoms with Crippen LogP contribution < -0.4 is 5.73 Å². The van der Waals surface area contributed by atoms with E-state index in [-0.39, 0.29) is 17.0 Å². The molecule has 0 amide bonds. The molecule has 3 nitrogen and oxygen atoms in total. The smallest absolute Gasteiger partial charge is 0.0510 e. The first-order valence-electron chi connectivity index (χ1n) is 7.70. The molecule has 0 aromatic carbocycles. The summed E-state index contributed by atoms with van der Waals surface area (Å²) in [5.74, 6) is 0. The van der Waals surface area contributed by atoms with E-state index in [0.717, 1.165) is 25.9 Å². The van der Waals surface area contributed by atoms with Crippen LogP contribution in [-0.2, 0) is 5.41 Å². The van der Waals surface area contributed by atoms with E-state index in [1.54, 1.807) is 0 Å². The third-order valence-corrected chi connectivity index (χ3v) is 4.96. The van der Waals surface area contributed by atoms with E-state index in [2.05, 4.69) is 50.6 Å². The van der Waals surface area contributed by atoms with E-state index < -0.39 is 0 Å². The van der Waals surface area contributed by atoms with Gasteiger partial charge in [-0.3, -0.25) is 9.88 Å². The molecule has 1 aliphatic rings. The highest BCUT2D eigenvalue weighted by Crippen LogP contribution is 2.39. The number of aromatic nitrogens is 1. The zero-order chi connectivity index (χ0) is 15.0. The van der Waals surface area contributed by atoms with E-state index in [4.69, 9.17) is 5.73 Å². The lowest BCUT2D eigenvalue weighted by atomic mass is 9.69. The first kappa shape index (κ1) is 15.5. The number of pyridine rings is 1. The fraction of sp³-hybridized carbons (Fsp3) is 0.706. The number of nitrogens with two attached hydrogens (primary N) is 1. The molecule has 1 aromatic heterocycles. The van der Waals surface area contributed by atoms with E-state index in [1.807, 2.05) is 12.3 Å². The van der Waals surface area contributed by atoms with Crippen molar-refractivity contribution in [1.82, 2.24) is 9.88 Å². The van der Waals surface area contributed by atoms with Crippen LogP contribution in [-0.4, -0.2) is 34.6 Å². The first-order chi connectivity index (χ1) is 9.27. The number of likely N-dealkylation sites (tertiary alicyclic amines) is 1. The highest BCUT2D eigenvalue weighted by Gasteiger charge is 2.43. The Morgan fingerprint density at radius 2 is 1.90 bits per heavy atom. The van der Waals surface area contributed by atoms with Crippen molar-refractivity contribution in [3.63, 3.8) is 0 Å². The predicted molar refractivity (Wildman–Crippen MR) is 84.9 cm³/mol. The molecular weight excluding hydrogens is 246 g/mol. The minimum Gasteiger partial charge on any atom is -0.327 e. The monoisotopic (exact) mass is 275 g/mol. The fourth-order valence-electron chi connectivity index (χ4n) is 3.49. The summed E-state index contributed by atoms with van der Waals surface area (Å²) in [6, 6.07) is 4.30. The van der Waals surface area contributed by atoms with Gasteiger partial charge in [0.05, 0.1) is 5.69 Å². The van der Waals surface area contributed by atoms with Gasteiger partial charge in [-0.25, -0.2) is 0 Å². The summed E-state index contributed by atoms with van der Waals surface area (Å²) in [6.45, 7) is 13.4. The zero-order valence-corrected chi connectivity index (χ0v) is 13.6. The standard InChI is InChI=1S/C17H29N3/c1-13-7-6-10-19-15(13)17(14(2)18)8-11-20(12-9-17)16(3,4)5/h6-7,10,14H,8-9,11-12,18H2,1-5H3. The Morgan fingerprint density at radius 3 is 2.35 bits per heavy atom. The molecule has 20 heavy (non-hydrogen) atoms. The molecule has 1 fully saturated rings. The summed E-state index contributed by atoms with van der Waals surface area (Å²) in [4.78, 5) is 7.25. The lowest BCUT2D eigenvalue weighted by Gasteiger charge is -2.48. The van der Waals surface area contributed by atoms with Gasteiger partial charge in [0, 0.05) is 23.2 Å². The van der Waals surface area contributed by atoms with Crippen LogP contribution in [0.5, 0.6) is 0 Å². The molecule has 1 atom stereocenters. The van der Waals surface area contributed by atoms with Crippen LogP contribution in [0.3, 0.4) is 0 Å². The highest BCUT2D eigenvalue weighted by molar-refractivity contribution is 5.29. The number of piperidine rings is 1. The highest BCUT2D eigenvalue weighted by atomic mass is 15.2. The van der Waals surface area contributed by atoms with Crippen LogP contribution in [0.4, 0.5) is 0 Å². The number of nitrogens with zero attached hydrogens (tertiary/aromatic N) is 2. The average molecular weight is 275 g/mol. The van der Waals surface area contributed by atoms with Gasteiger partial charge >= 0.3 is 0 Å². The molecule has 0 aliphatic carbocycles. The molecule has 0 bridgehead atoms. The maximum absolute atomic E-state index is 6.40. The van der Waals surface area contributed by atoms with Gasteiger partial charge in [0.1, 0.15) is 0 Å². The van der Waals surface area contributed by atoms with Crippen molar-refractivity contribution in [2.24, 2.45) is 5.73 Å². The van der Waals surface area contributed by atoms with Gasteiger partial charge in [-0.05, 0) is 72.2 Å². The maximum Gasteiger partial charge on any atom is 0.0510 e. The largest absolute Gasteiger partial charge is 0.327 e. The molecule has 1 aromatic rings. The molecule has 1 saturated heterocycles. The Kier molecular flexibility index (Phi) is 4.22. The van der Waals surface area contributed by atoms with Crippen molar-refractivity contribution in [2.45, 2.75) is 64.5 Å². The molecule has 112 valence electrons. The van der Waals surface area contributed by atoms with Crippen LogP contribution in [0.25, 0.3) is 0 Å². The number of rotatable bonds is 2. The second-order valence-electron chi connectivity index (χ2n) is 7.27. The molecule has 2 heterocycles. The summed E-state index contributed by atoms with van der Waals surface area (Å²) in [6.07, 6.45) is 4.10. The topological polar surface area (TPSA) is 42.1 Å². The molecule has 0 saturated carbocycles. The Balaban J connectivity index is 2.29. The molecule has 1 unspecified atom stereocenters. The first-order valence-corrected chi connectivity index (χ1v) is 7.70. The van der Waals surface area contributed by atoms with Gasteiger partial charge in [0.2, 0.25) is 0 Å². The fourth-order valence-corrected chi connectivity index (χ4v) is 3.49. The Bertz CT molecular complexity index is 452. The lowest BCUT2D eigenvalue weighted by Crippen LogP contribution is -2.55. The number of hydrogen-bond acceptors (Lipinski definition) is 3. The summed E-state index contributed by atoms with van der Waals surface area (Å²) in [7, 11) is 0. The minimum absolute atomic E-state index is 0.0348. The quantitative estimate of drug-likeness (QED) is 0.902. The third-order valence-electron chi connectivity index (χ3n) is 4.96. The SMILES string of the molecule is Cc1cccnc1C1(C(C)N)CCN(C(C)(C)C)CC1. The van der Waals surface area contributed by atoms with Crippen molar-refractivity contribution in [3.05, 3.63) is 29.6 Å². The van der Waals surface area contributed by atoms with Gasteiger partial charge in [0.15, 0.2) is 0 Å². The molecular formula is C17H29N3. The van der Waals surface area contributed by atoms with Gasteiger partial charge in [-0.1, -0.05) is 6.07 Å². The van der Waals surface area contributed by atoms with Crippen molar-refractivity contribution < 1.29 is 0 Å². The Morgan fingerprint density at radius 1 is 1.30 bits per heavy atom. The summed E-state index contributed by atoms with van der Waals surface area (Å²) < 4.78 is 0. The summed E-state index contributed by atoms with van der Waals surface area (Å²) in [5.41, 5.74) is 9.16.